The molecule has 0 fully saturated rings. The molecule has 1 rings (SSSR count). The number of amides is 1. The maximum atomic E-state index is 12.1. The molecule has 9 heteroatoms. The van der Waals surface area contributed by atoms with Crippen LogP contribution >= 0.6 is 11.6 Å². The summed E-state index contributed by atoms with van der Waals surface area (Å²) >= 11 is 5.72. The monoisotopic (exact) mass is 304 g/mol. The van der Waals surface area contributed by atoms with Crippen LogP contribution in [0.2, 0.25) is 5.02 Å². The van der Waals surface area contributed by atoms with Crippen molar-refractivity contribution in [2.75, 3.05) is 14.1 Å². The Hall–Kier alpha value is -1.64. The summed E-state index contributed by atoms with van der Waals surface area (Å²) < 4.78 is 23.8. The molecule has 0 saturated carbocycles. The average molecular weight is 305 g/mol. The number of nitrogens with one attached hydrogen (secondary N) is 1. The van der Waals surface area contributed by atoms with E-state index in [9.17, 15) is 13.2 Å². The van der Waals surface area contributed by atoms with Crippen molar-refractivity contribution in [1.82, 2.24) is 9.62 Å². The molecular formula is C10H13ClN4O3S. The molecule has 1 aromatic carbocycles. The molecule has 0 bridgehead atoms. The third kappa shape index (κ3) is 4.51. The quantitative estimate of drug-likeness (QED) is 0.602. The Morgan fingerprint density at radius 1 is 1.37 bits per heavy atom. The highest BCUT2D eigenvalue weighted by molar-refractivity contribution is 7.87. The molecule has 0 aliphatic rings. The lowest BCUT2D eigenvalue weighted by Gasteiger charge is -2.19. The molecule has 1 aromatic rings. The topological polar surface area (TPSA) is 105 Å². The van der Waals surface area contributed by atoms with E-state index in [2.05, 4.69) is 4.99 Å². The summed E-state index contributed by atoms with van der Waals surface area (Å²) in [4.78, 5) is 16.8. The number of hydrogen-bond donors (Lipinski definition) is 2. The van der Waals surface area contributed by atoms with Crippen molar-refractivity contribution in [2.45, 2.75) is 0 Å². The van der Waals surface area contributed by atoms with Crippen LogP contribution in [0.1, 0.15) is 10.4 Å². The zero-order valence-corrected chi connectivity index (χ0v) is 11.9. The lowest BCUT2D eigenvalue weighted by Crippen LogP contribution is -2.47. The van der Waals surface area contributed by atoms with E-state index in [1.54, 1.807) is 12.1 Å². The largest absolute Gasteiger partial charge is 0.298 e. The Bertz CT molecular complexity index is 598. The molecule has 1 amide bonds. The second-order valence-electron chi connectivity index (χ2n) is 3.57. The van der Waals surface area contributed by atoms with Gasteiger partial charge in [-0.15, -0.1) is 0 Å². The Morgan fingerprint density at radius 2 is 1.89 bits per heavy atom. The van der Waals surface area contributed by atoms with Gasteiger partial charge in [-0.05, 0) is 24.3 Å². The Kier molecular flexibility index (Phi) is 4.87. The van der Waals surface area contributed by atoms with Crippen LogP contribution in [0.4, 0.5) is 0 Å². The van der Waals surface area contributed by atoms with E-state index in [0.29, 0.717) is 10.6 Å². The van der Waals surface area contributed by atoms with Crippen LogP contribution in [0, 0.1) is 0 Å². The molecule has 0 atom stereocenters. The highest BCUT2D eigenvalue weighted by Crippen LogP contribution is 2.11. The predicted octanol–water partition coefficient (Wildman–Crippen LogP) is 0.191. The van der Waals surface area contributed by atoms with Crippen molar-refractivity contribution in [3.63, 3.8) is 0 Å². The molecule has 0 aromatic heterocycles. The van der Waals surface area contributed by atoms with Gasteiger partial charge in [-0.25, -0.2) is 9.86 Å². The van der Waals surface area contributed by atoms with Crippen molar-refractivity contribution >= 4 is 33.7 Å². The van der Waals surface area contributed by atoms with Crippen LogP contribution in [0.5, 0.6) is 0 Å². The minimum absolute atomic E-state index is 0.178. The van der Waals surface area contributed by atoms with E-state index >= 15 is 0 Å². The van der Waals surface area contributed by atoms with Gasteiger partial charge < -0.3 is 0 Å². The molecule has 0 spiro atoms. The molecule has 3 N–H and O–H groups in total. The molecule has 0 radical (unpaired) electrons. The van der Waals surface area contributed by atoms with Gasteiger partial charge in [0.25, 0.3) is 16.1 Å². The van der Waals surface area contributed by atoms with Crippen molar-refractivity contribution < 1.29 is 13.2 Å². The fourth-order valence-electron chi connectivity index (χ4n) is 1.27. The van der Waals surface area contributed by atoms with E-state index in [1.165, 1.54) is 26.2 Å². The van der Waals surface area contributed by atoms with Gasteiger partial charge in [-0.3, -0.25) is 14.7 Å². The second-order valence-corrected chi connectivity index (χ2v) is 5.30. The highest BCUT2D eigenvalue weighted by Gasteiger charge is 2.19. The minimum atomic E-state index is -4.00. The summed E-state index contributed by atoms with van der Waals surface area (Å²) in [6.07, 6.45) is 0. The van der Waals surface area contributed by atoms with Gasteiger partial charge in [0.1, 0.15) is 0 Å². The molecule has 104 valence electrons. The van der Waals surface area contributed by atoms with Gasteiger partial charge >= 0.3 is 0 Å². The number of nitrogens with two attached hydrogens (primary N) is 1. The number of guanidine groups is 1. The normalized spacial score (nSPS) is 12.1. The van der Waals surface area contributed by atoms with Gasteiger partial charge in [0.15, 0.2) is 0 Å². The summed E-state index contributed by atoms with van der Waals surface area (Å²) in [6, 6.07) is 6.15. The Balaban J connectivity index is 2.95. The van der Waals surface area contributed by atoms with Crippen molar-refractivity contribution in [1.29, 1.82) is 0 Å². The number of rotatable bonds is 2. The number of benzene rings is 1. The van der Waals surface area contributed by atoms with E-state index in [4.69, 9.17) is 16.7 Å². The molecule has 19 heavy (non-hydrogen) atoms. The summed E-state index contributed by atoms with van der Waals surface area (Å²) in [7, 11) is -1.29. The molecule has 0 aliphatic heterocycles. The lowest BCUT2D eigenvalue weighted by molar-refractivity contribution is 0.0868. The van der Waals surface area contributed by atoms with Crippen LogP contribution in [-0.4, -0.2) is 39.3 Å². The number of halogens is 1. The molecular weight excluding hydrogens is 292 g/mol. The summed E-state index contributed by atoms with van der Waals surface area (Å²) in [5.74, 6) is -0.629. The third-order valence-corrected chi connectivity index (χ3v) is 2.88. The standard InChI is InChI=1S/C10H13ClN4O3S/c1-13-10(14-19(12,17)18)15(2)9(16)7-3-5-8(11)6-4-7/h3-6H,1-2H3,(H,13,14)(H2,12,17,18). The maximum absolute atomic E-state index is 12.1. The van der Waals surface area contributed by atoms with E-state index < -0.39 is 16.1 Å². The van der Waals surface area contributed by atoms with Gasteiger partial charge in [-0.2, -0.15) is 8.42 Å². The van der Waals surface area contributed by atoms with Crippen molar-refractivity contribution in [3.8, 4) is 0 Å². The third-order valence-electron chi connectivity index (χ3n) is 2.16. The molecule has 7 nitrogen and oxygen atoms in total. The number of nitrogens with zero attached hydrogens (tertiary/aromatic N) is 2. The van der Waals surface area contributed by atoms with Gasteiger partial charge in [0.05, 0.1) is 0 Å². The van der Waals surface area contributed by atoms with Crippen LogP contribution in [-0.2, 0) is 10.2 Å². The lowest BCUT2D eigenvalue weighted by atomic mass is 10.2. The van der Waals surface area contributed by atoms with Crippen molar-refractivity contribution in [2.24, 2.45) is 10.1 Å². The summed E-state index contributed by atoms with van der Waals surface area (Å²) in [5, 5.41) is 5.33. The highest BCUT2D eigenvalue weighted by atomic mass is 35.5. The second kappa shape index (κ2) is 6.00. The number of aliphatic imine (C=N–C) groups is 1. The minimum Gasteiger partial charge on any atom is -0.281 e. The zero-order chi connectivity index (χ0) is 14.6. The van der Waals surface area contributed by atoms with Gasteiger partial charge in [-0.1, -0.05) is 11.6 Å². The fraction of sp³-hybridized carbons (Fsp3) is 0.200. The number of hydrogen-bond acceptors (Lipinski definition) is 4. The average Bonchev–Trinajstić information content (AvgIpc) is 2.34. The van der Waals surface area contributed by atoms with Crippen LogP contribution < -0.4 is 9.86 Å². The summed E-state index contributed by atoms with van der Waals surface area (Å²) in [6.45, 7) is 0. The van der Waals surface area contributed by atoms with Gasteiger partial charge in [0, 0.05) is 24.7 Å². The predicted molar refractivity (Wildman–Crippen MR) is 73.1 cm³/mol. The molecule has 0 aliphatic carbocycles. The van der Waals surface area contributed by atoms with E-state index in [1.807, 2.05) is 4.72 Å². The SMILES string of the molecule is CN=C(NS(N)(=O)=O)N(C)C(=O)c1ccc(Cl)cc1. The van der Waals surface area contributed by atoms with Crippen molar-refractivity contribution in [3.05, 3.63) is 34.9 Å². The van der Waals surface area contributed by atoms with Crippen LogP contribution in [0.25, 0.3) is 0 Å². The van der Waals surface area contributed by atoms with Crippen LogP contribution in [0.15, 0.2) is 29.3 Å². The first-order valence-electron chi connectivity index (χ1n) is 5.05. The van der Waals surface area contributed by atoms with Crippen LogP contribution in [0.3, 0.4) is 0 Å². The van der Waals surface area contributed by atoms with Gasteiger partial charge in [0.2, 0.25) is 5.96 Å². The van der Waals surface area contributed by atoms with E-state index in [-0.39, 0.29) is 5.96 Å². The fourth-order valence-corrected chi connectivity index (χ4v) is 1.88. The molecule has 0 unspecified atom stereocenters. The first-order chi connectivity index (χ1) is 8.74. The molecule has 0 heterocycles. The summed E-state index contributed by atoms with van der Waals surface area (Å²) in [5.41, 5.74) is 0.337. The van der Waals surface area contributed by atoms with E-state index in [0.717, 1.165) is 4.90 Å². The first kappa shape index (κ1) is 15.4. The first-order valence-corrected chi connectivity index (χ1v) is 6.98. The Labute approximate surface area is 116 Å². The smallest absolute Gasteiger partial charge is 0.281 e. The number of carbonyl (C=O) groups is 1. The number of carbonyl (C=O) groups excluding carboxylic acids is 1. The maximum Gasteiger partial charge on any atom is 0.298 e. The molecule has 0 saturated heterocycles. The Morgan fingerprint density at radius 3 is 2.32 bits per heavy atom. The zero-order valence-electron chi connectivity index (χ0n) is 10.3.